The molecule has 0 spiro atoms. The molecule has 0 bridgehead atoms. The zero-order valence-electron chi connectivity index (χ0n) is 12.0. The van der Waals surface area contributed by atoms with Crippen LogP contribution in [0.1, 0.15) is 58.3 Å². The van der Waals surface area contributed by atoms with Crippen molar-refractivity contribution in [1.82, 2.24) is 4.90 Å². The van der Waals surface area contributed by atoms with Crippen LogP contribution in [0.4, 0.5) is 0 Å². The van der Waals surface area contributed by atoms with E-state index in [1.165, 1.54) is 44.9 Å². The predicted molar refractivity (Wildman–Crippen MR) is 75.7 cm³/mol. The van der Waals surface area contributed by atoms with Gasteiger partial charge in [-0.3, -0.25) is 0 Å². The summed E-state index contributed by atoms with van der Waals surface area (Å²) in [4.78, 5) is 2.53. The van der Waals surface area contributed by atoms with E-state index in [1.807, 2.05) is 0 Å². The highest BCUT2D eigenvalue weighted by Gasteiger charge is 2.28. The van der Waals surface area contributed by atoms with Gasteiger partial charge < -0.3 is 15.4 Å². The van der Waals surface area contributed by atoms with Crippen LogP contribution in [0.15, 0.2) is 0 Å². The first-order valence-electron chi connectivity index (χ1n) is 7.85. The molecule has 2 aliphatic rings. The van der Waals surface area contributed by atoms with Gasteiger partial charge >= 0.3 is 0 Å². The average molecular weight is 254 g/mol. The highest BCUT2D eigenvalue weighted by molar-refractivity contribution is 4.88. The fourth-order valence-electron chi connectivity index (χ4n) is 3.34. The second-order valence-electron chi connectivity index (χ2n) is 6.20. The molecule has 1 heterocycles. The molecule has 2 N–H and O–H groups in total. The van der Waals surface area contributed by atoms with Crippen molar-refractivity contribution < 1.29 is 4.74 Å². The molecule has 1 saturated heterocycles. The molecule has 3 nitrogen and oxygen atoms in total. The lowest BCUT2D eigenvalue weighted by molar-refractivity contribution is 0.0709. The summed E-state index contributed by atoms with van der Waals surface area (Å²) in [7, 11) is 0. The van der Waals surface area contributed by atoms with Crippen LogP contribution in [0.25, 0.3) is 0 Å². The fraction of sp³-hybridized carbons (Fsp3) is 1.00. The maximum Gasteiger partial charge on any atom is 0.0702 e. The van der Waals surface area contributed by atoms with Gasteiger partial charge in [-0.05, 0) is 45.2 Å². The molecule has 18 heavy (non-hydrogen) atoms. The normalized spacial score (nSPS) is 27.8. The van der Waals surface area contributed by atoms with Crippen LogP contribution in [0, 0.1) is 0 Å². The molecule has 1 unspecified atom stereocenters. The van der Waals surface area contributed by atoms with Crippen molar-refractivity contribution in [2.45, 2.75) is 69.9 Å². The molecule has 1 aliphatic carbocycles. The Balaban J connectivity index is 1.71. The van der Waals surface area contributed by atoms with Crippen LogP contribution < -0.4 is 5.73 Å². The van der Waals surface area contributed by atoms with Crippen molar-refractivity contribution in [1.29, 1.82) is 0 Å². The summed E-state index contributed by atoms with van der Waals surface area (Å²) in [5, 5.41) is 0. The minimum atomic E-state index is 0.127. The summed E-state index contributed by atoms with van der Waals surface area (Å²) in [6.45, 7) is 6.58. The first-order valence-corrected chi connectivity index (χ1v) is 7.85. The first-order chi connectivity index (χ1) is 8.72. The number of rotatable bonds is 6. The third-order valence-corrected chi connectivity index (χ3v) is 4.71. The molecule has 0 amide bonds. The minimum Gasteiger partial charge on any atom is -0.377 e. The number of likely N-dealkylation sites (N-methyl/N-ethyl adjacent to an activating group) is 1. The fourth-order valence-corrected chi connectivity index (χ4v) is 3.34. The molecule has 2 fully saturated rings. The summed E-state index contributed by atoms with van der Waals surface area (Å²) in [5.41, 5.74) is 6.64. The van der Waals surface area contributed by atoms with Gasteiger partial charge in [-0.2, -0.15) is 0 Å². The quantitative estimate of drug-likeness (QED) is 0.791. The molecule has 0 aromatic carbocycles. The first kappa shape index (κ1) is 14.3. The van der Waals surface area contributed by atoms with Crippen molar-refractivity contribution in [3.8, 4) is 0 Å². The highest BCUT2D eigenvalue weighted by atomic mass is 16.5. The van der Waals surface area contributed by atoms with Crippen LogP contribution in [-0.2, 0) is 4.74 Å². The third-order valence-electron chi connectivity index (χ3n) is 4.71. The van der Waals surface area contributed by atoms with Gasteiger partial charge in [0, 0.05) is 18.7 Å². The lowest BCUT2D eigenvalue weighted by atomic mass is 9.80. The van der Waals surface area contributed by atoms with Crippen molar-refractivity contribution in [2.24, 2.45) is 5.73 Å². The third kappa shape index (κ3) is 4.22. The van der Waals surface area contributed by atoms with Gasteiger partial charge in [-0.1, -0.05) is 26.2 Å². The molecule has 1 atom stereocenters. The summed E-state index contributed by atoms with van der Waals surface area (Å²) in [6.07, 6.45) is 10.6. The van der Waals surface area contributed by atoms with E-state index in [0.29, 0.717) is 6.10 Å². The van der Waals surface area contributed by atoms with Gasteiger partial charge in [-0.15, -0.1) is 0 Å². The second kappa shape index (κ2) is 6.88. The van der Waals surface area contributed by atoms with Crippen molar-refractivity contribution in [2.75, 3.05) is 26.2 Å². The lowest BCUT2D eigenvalue weighted by Gasteiger charge is -2.35. The Morgan fingerprint density at radius 1 is 1.22 bits per heavy atom. The van der Waals surface area contributed by atoms with E-state index in [4.69, 9.17) is 10.5 Å². The van der Waals surface area contributed by atoms with Gasteiger partial charge in [0.25, 0.3) is 0 Å². The summed E-state index contributed by atoms with van der Waals surface area (Å²) >= 11 is 0. The zero-order chi connectivity index (χ0) is 12.8. The summed E-state index contributed by atoms with van der Waals surface area (Å²) in [6, 6.07) is 0. The maximum atomic E-state index is 6.51. The zero-order valence-corrected chi connectivity index (χ0v) is 12.0. The Hall–Kier alpha value is -0.120. The molecule has 1 aliphatic heterocycles. The van der Waals surface area contributed by atoms with Crippen molar-refractivity contribution >= 4 is 0 Å². The summed E-state index contributed by atoms with van der Waals surface area (Å²) in [5.74, 6) is 0. The highest BCUT2D eigenvalue weighted by Crippen LogP contribution is 2.28. The molecule has 1 saturated carbocycles. The van der Waals surface area contributed by atoms with Crippen molar-refractivity contribution in [3.05, 3.63) is 0 Å². The van der Waals surface area contributed by atoms with E-state index >= 15 is 0 Å². The Morgan fingerprint density at radius 2 is 2.00 bits per heavy atom. The second-order valence-corrected chi connectivity index (χ2v) is 6.20. The van der Waals surface area contributed by atoms with Crippen LogP contribution in [0.3, 0.4) is 0 Å². The molecular weight excluding hydrogens is 224 g/mol. The van der Waals surface area contributed by atoms with E-state index in [1.54, 1.807) is 0 Å². The molecule has 0 aromatic heterocycles. The standard InChI is InChI=1S/C15H30N2O/c1-2-17(13-14-7-6-12-18-14)11-10-15(16)8-4-3-5-9-15/h14H,2-13,16H2,1H3. The average Bonchev–Trinajstić information content (AvgIpc) is 2.88. The number of nitrogens with zero attached hydrogens (tertiary/aromatic N) is 1. The Kier molecular flexibility index (Phi) is 5.46. The van der Waals surface area contributed by atoms with Gasteiger partial charge in [0.15, 0.2) is 0 Å². The smallest absolute Gasteiger partial charge is 0.0702 e. The predicted octanol–water partition coefficient (Wildman–Crippen LogP) is 2.54. The van der Waals surface area contributed by atoms with E-state index < -0.39 is 0 Å². The van der Waals surface area contributed by atoms with Gasteiger partial charge in [0.05, 0.1) is 6.10 Å². The molecule has 0 aromatic rings. The molecule has 3 heteroatoms. The van der Waals surface area contributed by atoms with Crippen LogP contribution >= 0.6 is 0 Å². The SMILES string of the molecule is CCN(CCC1(N)CCCCC1)CC1CCCO1. The molecule has 2 rings (SSSR count). The van der Waals surface area contributed by atoms with Crippen LogP contribution in [-0.4, -0.2) is 42.8 Å². The van der Waals surface area contributed by atoms with Gasteiger partial charge in [0.1, 0.15) is 0 Å². The Morgan fingerprint density at radius 3 is 2.61 bits per heavy atom. The van der Waals surface area contributed by atoms with E-state index in [2.05, 4.69) is 11.8 Å². The monoisotopic (exact) mass is 254 g/mol. The largest absolute Gasteiger partial charge is 0.377 e. The van der Waals surface area contributed by atoms with Crippen LogP contribution in [0.5, 0.6) is 0 Å². The Labute approximate surface area is 112 Å². The van der Waals surface area contributed by atoms with Gasteiger partial charge in [0.2, 0.25) is 0 Å². The maximum absolute atomic E-state index is 6.51. The van der Waals surface area contributed by atoms with E-state index in [9.17, 15) is 0 Å². The summed E-state index contributed by atoms with van der Waals surface area (Å²) < 4.78 is 5.73. The number of ether oxygens (including phenoxy) is 1. The molecule has 0 radical (unpaired) electrons. The topological polar surface area (TPSA) is 38.5 Å². The van der Waals surface area contributed by atoms with Crippen LogP contribution in [0.2, 0.25) is 0 Å². The molecule has 106 valence electrons. The molecular formula is C15H30N2O. The van der Waals surface area contributed by atoms with Crippen molar-refractivity contribution in [3.63, 3.8) is 0 Å². The Bertz CT molecular complexity index is 233. The number of hydrogen-bond donors (Lipinski definition) is 1. The number of nitrogens with two attached hydrogens (primary N) is 1. The number of hydrogen-bond acceptors (Lipinski definition) is 3. The van der Waals surface area contributed by atoms with Gasteiger partial charge in [-0.25, -0.2) is 0 Å². The lowest BCUT2D eigenvalue weighted by Crippen LogP contribution is -2.45. The van der Waals surface area contributed by atoms with E-state index in [-0.39, 0.29) is 5.54 Å². The minimum absolute atomic E-state index is 0.127. The van der Waals surface area contributed by atoms with E-state index in [0.717, 1.165) is 32.7 Å².